The van der Waals surface area contributed by atoms with Gasteiger partial charge in [0, 0.05) is 18.9 Å². The third kappa shape index (κ3) is 8.98. The maximum absolute atomic E-state index is 10.6. The lowest BCUT2D eigenvalue weighted by Gasteiger charge is -2.28. The van der Waals surface area contributed by atoms with Crippen LogP contribution in [-0.4, -0.2) is 46.4 Å². The van der Waals surface area contributed by atoms with Crippen molar-refractivity contribution in [2.75, 3.05) is 13.1 Å². The molecule has 0 unspecified atom stereocenters. The minimum Gasteiger partial charge on any atom is -0.481 e. The number of hydrogen-bond acceptors (Lipinski definition) is 4. The Bertz CT molecular complexity index is 597. The van der Waals surface area contributed by atoms with Gasteiger partial charge in [0.2, 0.25) is 0 Å². The summed E-state index contributed by atoms with van der Waals surface area (Å²) in [5, 5.41) is 15.4. The molecule has 0 aromatic carbocycles. The van der Waals surface area contributed by atoms with Crippen LogP contribution < -0.4 is 10.6 Å². The van der Waals surface area contributed by atoms with Crippen LogP contribution in [0.4, 0.5) is 0 Å². The second kappa shape index (κ2) is 14.1. The van der Waals surface area contributed by atoms with Crippen molar-refractivity contribution in [1.29, 1.82) is 0 Å². The van der Waals surface area contributed by atoms with E-state index in [1.165, 1.54) is 19.3 Å². The van der Waals surface area contributed by atoms with E-state index in [0.29, 0.717) is 37.0 Å². The van der Waals surface area contributed by atoms with Crippen molar-refractivity contribution in [1.82, 2.24) is 10.6 Å². The van der Waals surface area contributed by atoms with Crippen molar-refractivity contribution in [3.8, 4) is 0 Å². The van der Waals surface area contributed by atoms with Gasteiger partial charge in [-0.15, -0.1) is 0 Å². The molecule has 7 heteroatoms. The minimum absolute atomic E-state index is 0.238. The van der Waals surface area contributed by atoms with Gasteiger partial charge in [-0.3, -0.25) is 4.79 Å². The van der Waals surface area contributed by atoms with Gasteiger partial charge in [-0.25, -0.2) is 0 Å². The molecule has 2 heterocycles. The van der Waals surface area contributed by atoms with Gasteiger partial charge < -0.3 is 20.5 Å². The molecule has 0 aliphatic carbocycles. The SMILES string of the molecule is CCCCCCC(=S)NCC(=S)NC[C@H]1[C@@H](CC=CCCCC(=O)O)[C@H]2CC[C@@H]1O2. The van der Waals surface area contributed by atoms with E-state index in [1.54, 1.807) is 0 Å². The summed E-state index contributed by atoms with van der Waals surface area (Å²) >= 11 is 10.9. The Morgan fingerprint density at radius 3 is 2.50 bits per heavy atom. The molecule has 5 nitrogen and oxygen atoms in total. The van der Waals surface area contributed by atoms with Crippen LogP contribution in [0, 0.1) is 11.8 Å². The molecule has 2 fully saturated rings. The molecular formula is C23H38N2O3S2. The van der Waals surface area contributed by atoms with Gasteiger partial charge in [-0.05, 0) is 50.9 Å². The smallest absolute Gasteiger partial charge is 0.303 e. The number of rotatable bonds is 15. The second-order valence-corrected chi connectivity index (χ2v) is 9.49. The molecule has 3 N–H and O–H groups in total. The number of carboxylic acids is 1. The van der Waals surface area contributed by atoms with Crippen LogP contribution in [-0.2, 0) is 9.53 Å². The van der Waals surface area contributed by atoms with Crippen molar-refractivity contribution in [2.45, 2.75) is 89.8 Å². The highest BCUT2D eigenvalue weighted by Gasteiger charge is 2.47. The summed E-state index contributed by atoms with van der Waals surface area (Å²) in [4.78, 5) is 12.3. The summed E-state index contributed by atoms with van der Waals surface area (Å²) in [6, 6.07) is 0. The number of ether oxygens (including phenoxy) is 1. The summed E-state index contributed by atoms with van der Waals surface area (Å²) < 4.78 is 6.17. The number of carbonyl (C=O) groups is 1. The number of carboxylic acid groups (broad SMARTS) is 1. The molecule has 2 rings (SSSR count). The fourth-order valence-electron chi connectivity index (χ4n) is 4.50. The third-order valence-corrected chi connectivity index (χ3v) is 6.80. The van der Waals surface area contributed by atoms with E-state index >= 15 is 0 Å². The lowest BCUT2D eigenvalue weighted by Crippen LogP contribution is -2.41. The number of unbranched alkanes of at least 4 members (excludes halogenated alkanes) is 4. The highest BCUT2D eigenvalue weighted by Crippen LogP contribution is 2.44. The molecule has 0 aromatic rings. The molecule has 30 heavy (non-hydrogen) atoms. The molecule has 0 aromatic heterocycles. The Kier molecular flexibility index (Phi) is 11.8. The van der Waals surface area contributed by atoms with Gasteiger partial charge >= 0.3 is 5.97 Å². The average molecular weight is 455 g/mol. The minimum atomic E-state index is -0.723. The zero-order chi connectivity index (χ0) is 21.8. The van der Waals surface area contributed by atoms with Crippen molar-refractivity contribution in [3.63, 3.8) is 0 Å². The van der Waals surface area contributed by atoms with E-state index in [1.807, 2.05) is 0 Å². The lowest BCUT2D eigenvalue weighted by molar-refractivity contribution is -0.137. The number of aliphatic carboxylic acids is 1. The highest BCUT2D eigenvalue weighted by molar-refractivity contribution is 7.80. The first kappa shape index (κ1) is 25.2. The molecule has 170 valence electrons. The van der Waals surface area contributed by atoms with E-state index < -0.39 is 5.97 Å². The monoisotopic (exact) mass is 454 g/mol. The first-order chi connectivity index (χ1) is 14.5. The predicted molar refractivity (Wildman–Crippen MR) is 130 cm³/mol. The fraction of sp³-hybridized carbons (Fsp3) is 0.783. The van der Waals surface area contributed by atoms with Crippen LogP contribution in [0.2, 0.25) is 0 Å². The van der Waals surface area contributed by atoms with Gasteiger partial charge in [0.1, 0.15) is 0 Å². The fourth-order valence-corrected chi connectivity index (χ4v) is 4.87. The Morgan fingerprint density at radius 1 is 1.00 bits per heavy atom. The molecule has 2 bridgehead atoms. The molecule has 2 aliphatic heterocycles. The Balaban J connectivity index is 1.66. The highest BCUT2D eigenvalue weighted by atomic mass is 32.1. The molecule has 2 saturated heterocycles. The van der Waals surface area contributed by atoms with Gasteiger partial charge in [0.25, 0.3) is 0 Å². The van der Waals surface area contributed by atoms with Gasteiger partial charge in [0.05, 0.1) is 28.7 Å². The molecule has 4 atom stereocenters. The van der Waals surface area contributed by atoms with E-state index in [2.05, 4.69) is 29.7 Å². The van der Waals surface area contributed by atoms with Crippen LogP contribution in [0.3, 0.4) is 0 Å². The molecule has 2 aliphatic rings. The second-order valence-electron chi connectivity index (χ2n) is 8.50. The van der Waals surface area contributed by atoms with Crippen molar-refractivity contribution in [3.05, 3.63) is 12.2 Å². The summed E-state index contributed by atoms with van der Waals surface area (Å²) in [6.07, 6.45) is 15.9. The number of nitrogens with one attached hydrogen (secondary N) is 2. The first-order valence-electron chi connectivity index (χ1n) is 11.6. The molecule has 0 saturated carbocycles. The van der Waals surface area contributed by atoms with Crippen molar-refractivity contribution in [2.24, 2.45) is 11.8 Å². The largest absolute Gasteiger partial charge is 0.481 e. The van der Waals surface area contributed by atoms with Crippen molar-refractivity contribution < 1.29 is 14.6 Å². The summed E-state index contributed by atoms with van der Waals surface area (Å²) in [7, 11) is 0. The van der Waals surface area contributed by atoms with E-state index in [-0.39, 0.29) is 6.42 Å². The summed E-state index contributed by atoms with van der Waals surface area (Å²) in [5.41, 5.74) is 0. The Labute approximate surface area is 192 Å². The number of hydrogen-bond donors (Lipinski definition) is 3. The lowest BCUT2D eigenvalue weighted by atomic mass is 9.77. The van der Waals surface area contributed by atoms with E-state index in [4.69, 9.17) is 34.3 Å². The van der Waals surface area contributed by atoms with Gasteiger partial charge in [-0.2, -0.15) is 0 Å². The average Bonchev–Trinajstić information content (AvgIpc) is 3.32. The summed E-state index contributed by atoms with van der Waals surface area (Å²) in [6.45, 7) is 3.67. The molecule has 0 amide bonds. The predicted octanol–water partition coefficient (Wildman–Crippen LogP) is 4.79. The van der Waals surface area contributed by atoms with Crippen LogP contribution in [0.25, 0.3) is 0 Å². The Hall–Kier alpha value is -1.05. The Morgan fingerprint density at radius 2 is 1.77 bits per heavy atom. The van der Waals surface area contributed by atoms with Crippen molar-refractivity contribution >= 4 is 40.4 Å². The van der Waals surface area contributed by atoms with Gasteiger partial charge in [-0.1, -0.05) is 62.8 Å². The molecular weight excluding hydrogens is 416 g/mol. The number of allylic oxidation sites excluding steroid dienone is 2. The van der Waals surface area contributed by atoms with Crippen LogP contribution >= 0.6 is 24.4 Å². The molecule has 0 radical (unpaired) electrons. The summed E-state index contributed by atoms with van der Waals surface area (Å²) in [5.74, 6) is 0.271. The zero-order valence-corrected chi connectivity index (χ0v) is 19.9. The maximum atomic E-state index is 10.6. The van der Waals surface area contributed by atoms with Crippen LogP contribution in [0.15, 0.2) is 12.2 Å². The van der Waals surface area contributed by atoms with Gasteiger partial charge in [0.15, 0.2) is 0 Å². The van der Waals surface area contributed by atoms with Crippen LogP contribution in [0.5, 0.6) is 0 Å². The first-order valence-corrected chi connectivity index (χ1v) is 12.4. The number of fused-ring (bicyclic) bond motifs is 2. The van der Waals surface area contributed by atoms with E-state index in [9.17, 15) is 4.79 Å². The number of thiocarbonyl (C=S) groups is 2. The normalized spacial score (nSPS) is 25.0. The quantitative estimate of drug-likeness (QED) is 0.187. The topological polar surface area (TPSA) is 70.6 Å². The zero-order valence-electron chi connectivity index (χ0n) is 18.2. The standard InChI is InChI=1S/C23H38N2O3S2/c1-2-3-4-8-11-21(29)25-16-22(30)24-15-18-17(19-13-14-20(18)28-19)10-7-5-6-9-12-23(26)27/h5,7,17-20H,2-4,6,8-16H2,1H3,(H,24,30)(H,25,29)(H,26,27)/t17-,18+,19-,20+/m1/s1. The third-order valence-electron chi connectivity index (χ3n) is 6.17. The maximum Gasteiger partial charge on any atom is 0.303 e. The molecule has 0 spiro atoms. The van der Waals surface area contributed by atoms with Crippen LogP contribution in [0.1, 0.15) is 77.6 Å². The van der Waals surface area contributed by atoms with E-state index in [0.717, 1.165) is 55.0 Å².